The highest BCUT2D eigenvalue weighted by Crippen LogP contribution is 2.31. The van der Waals surface area contributed by atoms with Crippen LogP contribution in [0.5, 0.6) is 5.75 Å². The molecule has 1 aromatic rings. The fourth-order valence-corrected chi connectivity index (χ4v) is 3.57. The molecule has 2 amide bonds. The van der Waals surface area contributed by atoms with Crippen LogP contribution in [0.4, 0.5) is 0 Å². The van der Waals surface area contributed by atoms with E-state index in [9.17, 15) is 14.7 Å². The number of carbonyl (C=O) groups excluding carboxylic acids is 2. The van der Waals surface area contributed by atoms with E-state index >= 15 is 0 Å². The molecule has 6 heteroatoms. The van der Waals surface area contributed by atoms with E-state index in [1.54, 1.807) is 12.1 Å². The Morgan fingerprint density at radius 3 is 2.42 bits per heavy atom. The van der Waals surface area contributed by atoms with E-state index in [0.29, 0.717) is 26.1 Å². The van der Waals surface area contributed by atoms with Crippen molar-refractivity contribution in [3.05, 3.63) is 28.8 Å². The van der Waals surface area contributed by atoms with Gasteiger partial charge in [-0.2, -0.15) is 0 Å². The van der Waals surface area contributed by atoms with Crippen molar-refractivity contribution in [2.45, 2.75) is 38.5 Å². The Hall–Kier alpha value is -2.08. The minimum atomic E-state index is -0.766. The van der Waals surface area contributed by atoms with Crippen LogP contribution in [0.2, 0.25) is 0 Å². The first-order valence-electron chi connectivity index (χ1n) is 8.52. The maximum absolute atomic E-state index is 12.5. The van der Waals surface area contributed by atoms with Crippen LogP contribution in [0.1, 0.15) is 47.2 Å². The summed E-state index contributed by atoms with van der Waals surface area (Å²) in [6.45, 7) is 1.09. The van der Waals surface area contributed by atoms with Crippen molar-refractivity contribution in [3.8, 4) is 5.75 Å². The van der Waals surface area contributed by atoms with E-state index in [2.05, 4.69) is 5.32 Å². The summed E-state index contributed by atoms with van der Waals surface area (Å²) in [5, 5.41) is 13.0. The summed E-state index contributed by atoms with van der Waals surface area (Å²) in [5.74, 6) is -0.790. The molecule has 0 atom stereocenters. The number of phenolic OH excluding ortho intramolecular Hbond substituents is 1. The van der Waals surface area contributed by atoms with Gasteiger partial charge in [-0.1, -0.05) is 0 Å². The Bertz CT molecular complexity index is 651. The second kappa shape index (κ2) is 6.81. The lowest BCUT2D eigenvalue weighted by Crippen LogP contribution is -2.49. The number of primary amides is 1. The van der Waals surface area contributed by atoms with Gasteiger partial charge in [0.05, 0.1) is 11.0 Å². The fraction of sp³-hybridized carbons (Fsp3) is 0.556. The first-order valence-corrected chi connectivity index (χ1v) is 8.52. The van der Waals surface area contributed by atoms with Crippen molar-refractivity contribution < 1.29 is 19.4 Å². The van der Waals surface area contributed by atoms with E-state index in [4.69, 9.17) is 10.5 Å². The Labute approximate surface area is 141 Å². The van der Waals surface area contributed by atoms with Crippen LogP contribution < -0.4 is 11.1 Å². The molecule has 3 rings (SSSR count). The lowest BCUT2D eigenvalue weighted by atomic mass is 9.79. The Balaban J connectivity index is 1.74. The lowest BCUT2D eigenvalue weighted by molar-refractivity contribution is -0.132. The molecule has 4 N–H and O–H groups in total. The number of amides is 2. The number of aromatic hydroxyl groups is 1. The number of nitrogens with one attached hydrogen (secondary N) is 1. The van der Waals surface area contributed by atoms with Crippen LogP contribution in [0.3, 0.4) is 0 Å². The predicted octanol–water partition coefficient (Wildman–Crippen LogP) is 1.28. The number of rotatable bonds is 4. The summed E-state index contributed by atoms with van der Waals surface area (Å²) >= 11 is 0. The molecule has 2 aliphatic rings. The Morgan fingerprint density at radius 1 is 1.17 bits per heavy atom. The molecule has 1 aromatic carbocycles. The maximum atomic E-state index is 12.5. The summed E-state index contributed by atoms with van der Waals surface area (Å²) in [6.07, 6.45) is 5.08. The molecule has 0 spiro atoms. The Morgan fingerprint density at radius 2 is 1.79 bits per heavy atom. The molecule has 0 aromatic heterocycles. The topological polar surface area (TPSA) is 102 Å². The average molecular weight is 332 g/mol. The highest BCUT2D eigenvalue weighted by atomic mass is 16.5. The van der Waals surface area contributed by atoms with Gasteiger partial charge in [0, 0.05) is 19.8 Å². The first kappa shape index (κ1) is 16.8. The zero-order valence-corrected chi connectivity index (χ0v) is 13.8. The Kier molecular flexibility index (Phi) is 4.76. The molecule has 1 saturated heterocycles. The van der Waals surface area contributed by atoms with Gasteiger partial charge in [0.25, 0.3) is 5.91 Å². The number of carbonyl (C=O) groups is 2. The SMILES string of the molecule is NC(=O)C1(CNC(=O)c2cc3c(cc2O)CCCC3)CCOCC1. The van der Waals surface area contributed by atoms with Crippen molar-refractivity contribution >= 4 is 11.8 Å². The molecule has 1 aliphatic heterocycles. The highest BCUT2D eigenvalue weighted by Gasteiger charge is 2.38. The van der Waals surface area contributed by atoms with Crippen molar-refractivity contribution in [1.82, 2.24) is 5.32 Å². The standard InChI is InChI=1S/C18H24N2O4/c19-17(23)18(5-7-24-8-6-18)11-20-16(22)14-9-12-3-1-2-4-13(12)10-15(14)21/h9-10,21H,1-8,11H2,(H2,19,23)(H,20,22). The lowest BCUT2D eigenvalue weighted by Gasteiger charge is -2.34. The van der Waals surface area contributed by atoms with E-state index in [-0.39, 0.29) is 23.8 Å². The molecule has 0 bridgehead atoms. The van der Waals surface area contributed by atoms with Gasteiger partial charge in [0.1, 0.15) is 5.75 Å². The summed E-state index contributed by atoms with van der Waals surface area (Å²) in [4.78, 5) is 24.4. The molecule has 130 valence electrons. The molecule has 0 radical (unpaired) electrons. The van der Waals surface area contributed by atoms with E-state index in [0.717, 1.165) is 36.8 Å². The molecule has 6 nitrogen and oxygen atoms in total. The summed E-state index contributed by atoms with van der Waals surface area (Å²) in [7, 11) is 0. The zero-order valence-electron chi connectivity index (χ0n) is 13.8. The summed E-state index contributed by atoms with van der Waals surface area (Å²) < 4.78 is 5.29. The van der Waals surface area contributed by atoms with Gasteiger partial charge in [0.2, 0.25) is 5.91 Å². The molecule has 0 saturated carbocycles. The highest BCUT2D eigenvalue weighted by molar-refractivity contribution is 5.97. The number of phenols is 1. The zero-order chi connectivity index (χ0) is 17.2. The maximum Gasteiger partial charge on any atom is 0.255 e. The first-order chi connectivity index (χ1) is 11.5. The van der Waals surface area contributed by atoms with Gasteiger partial charge in [-0.15, -0.1) is 0 Å². The predicted molar refractivity (Wildman–Crippen MR) is 88.8 cm³/mol. The van der Waals surface area contributed by atoms with Crippen molar-refractivity contribution in [2.24, 2.45) is 11.1 Å². The molecule has 0 unspecified atom stereocenters. The van der Waals surface area contributed by atoms with E-state index < -0.39 is 11.3 Å². The van der Waals surface area contributed by atoms with Crippen LogP contribution in [0, 0.1) is 5.41 Å². The summed E-state index contributed by atoms with van der Waals surface area (Å²) in [5.41, 5.74) is 7.30. The minimum absolute atomic E-state index is 0.00625. The second-order valence-electron chi connectivity index (χ2n) is 6.78. The number of hydrogen-bond donors (Lipinski definition) is 3. The van der Waals surface area contributed by atoms with Gasteiger partial charge < -0.3 is 20.9 Å². The van der Waals surface area contributed by atoms with Gasteiger partial charge in [0.15, 0.2) is 0 Å². The molecule has 1 aliphatic carbocycles. The number of hydrogen-bond acceptors (Lipinski definition) is 4. The van der Waals surface area contributed by atoms with Crippen molar-refractivity contribution in [3.63, 3.8) is 0 Å². The van der Waals surface area contributed by atoms with Gasteiger partial charge in [-0.3, -0.25) is 9.59 Å². The molecular weight excluding hydrogens is 308 g/mol. The third-order valence-corrected chi connectivity index (χ3v) is 5.26. The fourth-order valence-electron chi connectivity index (χ4n) is 3.57. The number of nitrogens with two attached hydrogens (primary N) is 1. The van der Waals surface area contributed by atoms with Crippen LogP contribution in [-0.2, 0) is 22.4 Å². The van der Waals surface area contributed by atoms with Crippen LogP contribution >= 0.6 is 0 Å². The number of ether oxygens (including phenoxy) is 1. The van der Waals surface area contributed by atoms with Crippen molar-refractivity contribution in [2.75, 3.05) is 19.8 Å². The van der Waals surface area contributed by atoms with Gasteiger partial charge in [-0.25, -0.2) is 0 Å². The number of fused-ring (bicyclic) bond motifs is 1. The largest absolute Gasteiger partial charge is 0.507 e. The third kappa shape index (κ3) is 3.24. The van der Waals surface area contributed by atoms with Gasteiger partial charge >= 0.3 is 0 Å². The smallest absolute Gasteiger partial charge is 0.255 e. The number of aryl methyl sites for hydroxylation is 2. The van der Waals surface area contributed by atoms with Crippen molar-refractivity contribution in [1.29, 1.82) is 0 Å². The number of benzene rings is 1. The second-order valence-corrected chi connectivity index (χ2v) is 6.78. The minimum Gasteiger partial charge on any atom is -0.507 e. The van der Waals surface area contributed by atoms with E-state index in [1.807, 2.05) is 0 Å². The van der Waals surface area contributed by atoms with Crippen LogP contribution in [0.15, 0.2) is 12.1 Å². The average Bonchev–Trinajstić information content (AvgIpc) is 2.59. The van der Waals surface area contributed by atoms with Crippen LogP contribution in [-0.4, -0.2) is 36.7 Å². The quantitative estimate of drug-likeness (QED) is 0.773. The summed E-state index contributed by atoms with van der Waals surface area (Å²) in [6, 6.07) is 3.47. The molecular formula is C18H24N2O4. The van der Waals surface area contributed by atoms with Crippen LogP contribution in [0.25, 0.3) is 0 Å². The van der Waals surface area contributed by atoms with E-state index in [1.165, 1.54) is 0 Å². The molecule has 24 heavy (non-hydrogen) atoms. The van der Waals surface area contributed by atoms with Gasteiger partial charge in [-0.05, 0) is 61.8 Å². The third-order valence-electron chi connectivity index (χ3n) is 5.26. The normalized spacial score (nSPS) is 19.3. The molecule has 1 heterocycles. The molecule has 1 fully saturated rings. The monoisotopic (exact) mass is 332 g/mol.